The van der Waals surface area contributed by atoms with Crippen molar-refractivity contribution in [3.05, 3.63) is 215 Å². The van der Waals surface area contributed by atoms with Crippen LogP contribution in [0.15, 0.2) is 186 Å². The first-order valence-corrected chi connectivity index (χ1v) is 16.7. The summed E-state index contributed by atoms with van der Waals surface area (Å²) in [5, 5.41) is -0.258. The van der Waals surface area contributed by atoms with Crippen LogP contribution in [0.3, 0.4) is 0 Å². The highest BCUT2D eigenvalue weighted by Crippen LogP contribution is 2.39. The van der Waals surface area contributed by atoms with E-state index >= 15 is 0 Å². The number of rotatable bonds is 7. The van der Waals surface area contributed by atoms with E-state index in [2.05, 4.69) is 0 Å². The maximum Gasteiger partial charge on any atom is 0.143 e. The van der Waals surface area contributed by atoms with Crippen LogP contribution >= 0.6 is 0 Å². The molecule has 1 heterocycles. The van der Waals surface area contributed by atoms with E-state index in [9.17, 15) is 13.7 Å². The van der Waals surface area contributed by atoms with Gasteiger partial charge in [-0.1, -0.05) is 175 Å². The normalized spacial score (nSPS) is 16.8. The molecule has 0 N–H and O–H groups in total. The maximum absolute atomic E-state index is 9.58. The van der Waals surface area contributed by atoms with Gasteiger partial charge in [0.1, 0.15) is 11.2 Å². The Bertz CT molecular complexity index is 3900. The van der Waals surface area contributed by atoms with Crippen LogP contribution in [-0.2, 0) is 19.3 Å². The molecule has 0 radical (unpaired) electrons. The van der Waals surface area contributed by atoms with Gasteiger partial charge in [0.15, 0.2) is 0 Å². The zero-order valence-corrected chi connectivity index (χ0v) is 27.4. The minimum absolute atomic E-state index is 0.0551. The molecule has 0 fully saturated rings. The average molecular weight is 684 g/mol. The van der Waals surface area contributed by atoms with E-state index < -0.39 is 122 Å². The number of hydrogen-bond acceptors (Lipinski definition) is 1. The van der Waals surface area contributed by atoms with Crippen molar-refractivity contribution in [3.8, 4) is 11.1 Å². The third-order valence-corrected chi connectivity index (χ3v) is 9.38. The molecule has 0 bridgehead atoms. The summed E-state index contributed by atoms with van der Waals surface area (Å²) in [6.45, 7) is 0. The Morgan fingerprint density at radius 3 is 1.67 bits per heavy atom. The van der Waals surface area contributed by atoms with E-state index in [4.69, 9.17) is 16.8 Å². The molecule has 0 aliphatic carbocycles. The van der Waals surface area contributed by atoms with Crippen LogP contribution in [0.4, 0.5) is 0 Å². The Hall–Kier alpha value is -6.44. The van der Waals surface area contributed by atoms with Gasteiger partial charge >= 0.3 is 0 Å². The molecule has 0 spiro atoms. The summed E-state index contributed by atoms with van der Waals surface area (Å²) in [6, 6.07) is 8.80. The van der Waals surface area contributed by atoms with Gasteiger partial charge in [0.05, 0.1) is 26.0 Å². The molecule has 0 unspecified atom stereocenters. The Kier molecular flexibility index (Phi) is 4.09. The van der Waals surface area contributed by atoms with Gasteiger partial charge in [0, 0.05) is 16.3 Å². The quantitative estimate of drug-likeness (QED) is 0.152. The van der Waals surface area contributed by atoms with E-state index in [0.717, 1.165) is 21.9 Å². The van der Waals surface area contributed by atoms with Crippen LogP contribution in [0.1, 0.15) is 59.4 Å². The maximum atomic E-state index is 9.58. The SMILES string of the molecule is [2H]c1c([2H])c([2H])c(Cc2c3c([2H])c([2H])c([2H])c([2H])c3c(Cc3c([2H])c([2H])c4c([2H])c(Cc5cccc6oc7c(-c8ccccc8)cccc7c56)c([2H])c([2H])c4c3[2H])c3c([2H])c([2H])c([2H])c([2H])c23)c([2H])c1[2H]. The first-order chi connectivity index (χ1) is 33.7. The largest absolute Gasteiger partial charge is 0.455 e. The van der Waals surface area contributed by atoms with Crippen LogP contribution in [0.2, 0.25) is 0 Å². The number of para-hydroxylation sites is 1. The topological polar surface area (TPSA) is 13.1 Å². The van der Waals surface area contributed by atoms with Gasteiger partial charge in [0.25, 0.3) is 0 Å². The molecule has 52 heavy (non-hydrogen) atoms. The van der Waals surface area contributed by atoms with Gasteiger partial charge in [-0.2, -0.15) is 0 Å². The highest BCUT2D eigenvalue weighted by molar-refractivity contribution is 6.11. The molecular weight excluding hydrogens is 629 g/mol. The summed E-state index contributed by atoms with van der Waals surface area (Å²) < 4.78 is 177. The highest BCUT2D eigenvalue weighted by Gasteiger charge is 2.17. The van der Waals surface area contributed by atoms with Crippen LogP contribution in [0, 0.1) is 0 Å². The van der Waals surface area contributed by atoms with E-state index in [1.807, 2.05) is 60.7 Å². The molecule has 246 valence electrons. The van der Waals surface area contributed by atoms with Gasteiger partial charge in [-0.05, 0) is 96.6 Å². The fourth-order valence-electron chi connectivity index (χ4n) is 7.09. The third kappa shape index (κ3) is 5.34. The van der Waals surface area contributed by atoms with Crippen LogP contribution < -0.4 is 0 Å². The van der Waals surface area contributed by atoms with Crippen molar-refractivity contribution in [1.82, 2.24) is 0 Å². The minimum Gasteiger partial charge on any atom is -0.455 e. The minimum atomic E-state index is -0.746. The lowest BCUT2D eigenvalue weighted by Gasteiger charge is -2.17. The van der Waals surface area contributed by atoms with Crippen LogP contribution in [0.25, 0.3) is 65.4 Å². The zero-order valence-electron chi connectivity index (χ0n) is 46.4. The predicted octanol–water partition coefficient (Wildman–Crippen LogP) is 13.5. The second kappa shape index (κ2) is 12.7. The van der Waals surface area contributed by atoms with Crippen molar-refractivity contribution in [2.24, 2.45) is 0 Å². The highest BCUT2D eigenvalue weighted by atomic mass is 16.3. The van der Waals surface area contributed by atoms with Crippen LogP contribution in [0.5, 0.6) is 0 Å². The van der Waals surface area contributed by atoms with E-state index in [1.165, 1.54) is 0 Å². The number of furan rings is 1. The van der Waals surface area contributed by atoms with E-state index in [1.54, 1.807) is 6.07 Å². The summed E-state index contributed by atoms with van der Waals surface area (Å²) in [5.74, 6) is 0. The molecule has 1 heteroatoms. The van der Waals surface area contributed by atoms with Gasteiger partial charge in [-0.25, -0.2) is 0 Å². The summed E-state index contributed by atoms with van der Waals surface area (Å²) in [5.41, 5.74) is 2.70. The molecule has 0 aliphatic rings. The number of hydrogen-bond donors (Lipinski definition) is 0. The van der Waals surface area contributed by atoms with Crippen molar-refractivity contribution >= 4 is 54.3 Å². The van der Waals surface area contributed by atoms with Gasteiger partial charge in [0.2, 0.25) is 0 Å². The van der Waals surface area contributed by atoms with Crippen molar-refractivity contribution in [1.29, 1.82) is 0 Å². The lowest BCUT2D eigenvalue weighted by atomic mass is 9.86. The summed E-state index contributed by atoms with van der Waals surface area (Å²) in [6.07, 6.45) is -1.37. The molecule has 0 amide bonds. The standard InChI is InChI=1S/C51H36O/c1-3-13-34(14-4-1)32-47-42-18-7-9-20-44(42)48(45-21-10-8-19-43(45)47)33-36-26-28-38-29-35(25-27-39(38)30-36)31-40-17-11-24-49-50(40)46-23-12-22-41(51(46)52-49)37-15-5-2-6-16-37/h1-30H,31-33H2/i1D,3D,4D,7D,8D,9D,10D,13D,14D,18D,19D,20D,21D,25D,26D,27D,28D,29D,30D. The molecule has 0 atom stereocenters. The Morgan fingerprint density at radius 2 is 1.02 bits per heavy atom. The average Bonchev–Trinajstić information content (AvgIpc) is 3.76. The summed E-state index contributed by atoms with van der Waals surface area (Å²) in [4.78, 5) is 0. The molecule has 1 nitrogen and oxygen atoms in total. The Labute approximate surface area is 330 Å². The van der Waals surface area contributed by atoms with Gasteiger partial charge in [-0.3, -0.25) is 0 Å². The van der Waals surface area contributed by atoms with E-state index in [-0.39, 0.29) is 72.6 Å². The zero-order chi connectivity index (χ0) is 51.0. The first kappa shape index (κ1) is 16.7. The van der Waals surface area contributed by atoms with Crippen molar-refractivity contribution < 1.29 is 30.5 Å². The summed E-state index contributed by atoms with van der Waals surface area (Å²) in [7, 11) is 0. The Morgan fingerprint density at radius 1 is 0.442 bits per heavy atom. The predicted molar refractivity (Wildman–Crippen MR) is 219 cm³/mol. The number of fused-ring (bicyclic) bond motifs is 6. The molecule has 1 aromatic heterocycles. The lowest BCUT2D eigenvalue weighted by Crippen LogP contribution is -1.98. The number of benzene rings is 9. The molecule has 10 rings (SSSR count). The van der Waals surface area contributed by atoms with Crippen molar-refractivity contribution in [2.75, 3.05) is 0 Å². The van der Waals surface area contributed by atoms with E-state index in [0.29, 0.717) is 16.7 Å². The second-order valence-electron chi connectivity index (χ2n) is 12.5. The van der Waals surface area contributed by atoms with Crippen molar-refractivity contribution in [3.63, 3.8) is 0 Å². The molecular formula is C51H36O. The molecule has 9 aromatic carbocycles. The molecule has 0 saturated heterocycles. The lowest BCUT2D eigenvalue weighted by molar-refractivity contribution is 0.670. The molecule has 10 aromatic rings. The smallest absolute Gasteiger partial charge is 0.143 e. The molecule has 0 saturated carbocycles. The van der Waals surface area contributed by atoms with Crippen molar-refractivity contribution in [2.45, 2.75) is 19.3 Å². The fourth-order valence-corrected chi connectivity index (χ4v) is 7.09. The second-order valence-corrected chi connectivity index (χ2v) is 12.5. The first-order valence-electron chi connectivity index (χ1n) is 26.2. The summed E-state index contributed by atoms with van der Waals surface area (Å²) >= 11 is 0. The van der Waals surface area contributed by atoms with Gasteiger partial charge < -0.3 is 4.42 Å². The van der Waals surface area contributed by atoms with Gasteiger partial charge in [-0.15, -0.1) is 0 Å². The molecule has 0 aliphatic heterocycles. The fraction of sp³-hybridized carbons (Fsp3) is 0.0588. The Balaban J connectivity index is 1.21. The monoisotopic (exact) mass is 683 g/mol. The van der Waals surface area contributed by atoms with Crippen LogP contribution in [-0.4, -0.2) is 0 Å². The third-order valence-electron chi connectivity index (χ3n) is 9.38.